The minimum Gasteiger partial charge on any atom is -0.497 e. The fourth-order valence-electron chi connectivity index (χ4n) is 2.25. The molecular formula is C16H17ClN2O4S. The summed E-state index contributed by atoms with van der Waals surface area (Å²) in [6, 6.07) is 10.3. The minimum atomic E-state index is -3.90. The second-order valence-electron chi connectivity index (χ2n) is 5.12. The number of rotatable bonds is 5. The second-order valence-corrected chi connectivity index (χ2v) is 7.06. The van der Waals surface area contributed by atoms with E-state index < -0.39 is 22.0 Å². The number of carbonyl (C=O) groups is 1. The molecule has 128 valence electrons. The van der Waals surface area contributed by atoms with Gasteiger partial charge in [0.2, 0.25) is 10.0 Å². The van der Waals surface area contributed by atoms with Crippen LogP contribution in [-0.2, 0) is 10.0 Å². The van der Waals surface area contributed by atoms with Gasteiger partial charge in [-0.05, 0) is 36.8 Å². The summed E-state index contributed by atoms with van der Waals surface area (Å²) in [6.45, 7) is 1.66. The van der Waals surface area contributed by atoms with Gasteiger partial charge in [-0.2, -0.15) is 0 Å². The Morgan fingerprint density at radius 1 is 1.25 bits per heavy atom. The van der Waals surface area contributed by atoms with Crippen LogP contribution in [0.2, 0.25) is 5.02 Å². The van der Waals surface area contributed by atoms with Crippen LogP contribution in [0.25, 0.3) is 0 Å². The molecule has 0 aromatic heterocycles. The summed E-state index contributed by atoms with van der Waals surface area (Å²) in [5.74, 6) is 0.0396. The smallest absolute Gasteiger partial charge is 0.253 e. The van der Waals surface area contributed by atoms with Crippen LogP contribution in [0.3, 0.4) is 0 Å². The zero-order valence-corrected chi connectivity index (χ0v) is 14.7. The van der Waals surface area contributed by atoms with Crippen LogP contribution in [0.15, 0.2) is 47.4 Å². The van der Waals surface area contributed by atoms with Gasteiger partial charge < -0.3 is 10.1 Å². The Balaban J connectivity index is 2.31. The topological polar surface area (TPSA) is 98.5 Å². The minimum absolute atomic E-state index is 0.0328. The Kier molecular flexibility index (Phi) is 5.48. The van der Waals surface area contributed by atoms with Crippen LogP contribution in [0.5, 0.6) is 5.75 Å². The highest BCUT2D eigenvalue weighted by molar-refractivity contribution is 7.89. The number of primary sulfonamides is 1. The Labute approximate surface area is 145 Å². The first-order chi connectivity index (χ1) is 11.2. The van der Waals surface area contributed by atoms with E-state index in [2.05, 4.69) is 5.32 Å². The van der Waals surface area contributed by atoms with Crippen molar-refractivity contribution in [2.45, 2.75) is 17.9 Å². The predicted octanol–water partition coefficient (Wildman–Crippen LogP) is 2.49. The maximum Gasteiger partial charge on any atom is 0.253 e. The van der Waals surface area contributed by atoms with Crippen LogP contribution in [0.4, 0.5) is 0 Å². The van der Waals surface area contributed by atoms with Gasteiger partial charge in [-0.15, -0.1) is 0 Å². The molecule has 24 heavy (non-hydrogen) atoms. The van der Waals surface area contributed by atoms with Crippen molar-refractivity contribution in [3.63, 3.8) is 0 Å². The highest BCUT2D eigenvalue weighted by atomic mass is 35.5. The van der Waals surface area contributed by atoms with Crippen molar-refractivity contribution in [3.8, 4) is 5.75 Å². The molecule has 6 nitrogen and oxygen atoms in total. The summed E-state index contributed by atoms with van der Waals surface area (Å²) in [5, 5.41) is 8.20. The van der Waals surface area contributed by atoms with Crippen molar-refractivity contribution < 1.29 is 17.9 Å². The van der Waals surface area contributed by atoms with Crippen molar-refractivity contribution in [3.05, 3.63) is 58.6 Å². The molecule has 0 heterocycles. The first-order valence-electron chi connectivity index (χ1n) is 7.00. The number of amides is 1. The van der Waals surface area contributed by atoms with E-state index in [1.54, 1.807) is 37.3 Å². The van der Waals surface area contributed by atoms with Gasteiger partial charge in [0.1, 0.15) is 5.75 Å². The molecule has 1 unspecified atom stereocenters. The summed E-state index contributed by atoms with van der Waals surface area (Å²) in [7, 11) is -2.41. The summed E-state index contributed by atoms with van der Waals surface area (Å²) >= 11 is 6.05. The van der Waals surface area contributed by atoms with E-state index in [4.69, 9.17) is 21.5 Å². The maximum absolute atomic E-state index is 12.4. The Morgan fingerprint density at radius 2 is 1.92 bits per heavy atom. The summed E-state index contributed by atoms with van der Waals surface area (Å²) in [4.78, 5) is 12.4. The molecule has 3 N–H and O–H groups in total. The van der Waals surface area contributed by atoms with Crippen LogP contribution in [0.1, 0.15) is 28.9 Å². The Hall–Kier alpha value is -2.09. The molecule has 2 rings (SSSR count). The second kappa shape index (κ2) is 7.21. The largest absolute Gasteiger partial charge is 0.497 e. The summed E-state index contributed by atoms with van der Waals surface area (Å²) in [5.41, 5.74) is 0.628. The van der Waals surface area contributed by atoms with Gasteiger partial charge in [0, 0.05) is 0 Å². The number of hydrogen-bond donors (Lipinski definition) is 2. The monoisotopic (exact) mass is 368 g/mol. The lowest BCUT2D eigenvalue weighted by Crippen LogP contribution is -2.28. The molecule has 1 atom stereocenters. The van der Waals surface area contributed by atoms with Gasteiger partial charge >= 0.3 is 0 Å². The van der Waals surface area contributed by atoms with Crippen molar-refractivity contribution in [1.82, 2.24) is 5.32 Å². The zero-order valence-electron chi connectivity index (χ0n) is 13.1. The van der Waals surface area contributed by atoms with Gasteiger partial charge in [0.25, 0.3) is 5.91 Å². The van der Waals surface area contributed by atoms with Crippen LogP contribution >= 0.6 is 11.6 Å². The Bertz CT molecular complexity index is 868. The molecule has 0 aliphatic heterocycles. The predicted molar refractivity (Wildman–Crippen MR) is 91.7 cm³/mol. The van der Waals surface area contributed by atoms with Gasteiger partial charge in [-0.3, -0.25) is 4.79 Å². The number of hydrogen-bond acceptors (Lipinski definition) is 4. The molecule has 0 radical (unpaired) electrons. The van der Waals surface area contributed by atoms with Crippen LogP contribution < -0.4 is 15.2 Å². The summed E-state index contributed by atoms with van der Waals surface area (Å²) in [6.07, 6.45) is 0. The first-order valence-corrected chi connectivity index (χ1v) is 8.92. The molecular weight excluding hydrogens is 352 g/mol. The van der Waals surface area contributed by atoms with Crippen LogP contribution in [0, 0.1) is 0 Å². The lowest BCUT2D eigenvalue weighted by Gasteiger charge is -2.17. The molecule has 0 aliphatic rings. The molecule has 0 aliphatic carbocycles. The SMILES string of the molecule is COc1ccc(Cl)c(C(=O)NC(C)c2ccccc2S(N)(=O)=O)c1. The molecule has 2 aromatic rings. The molecule has 1 amide bonds. The molecule has 0 saturated heterocycles. The quantitative estimate of drug-likeness (QED) is 0.846. The van der Waals surface area contributed by atoms with Crippen molar-refractivity contribution in [2.75, 3.05) is 7.11 Å². The highest BCUT2D eigenvalue weighted by Crippen LogP contribution is 2.25. The summed E-state index contributed by atoms with van der Waals surface area (Å²) < 4.78 is 28.4. The Morgan fingerprint density at radius 3 is 2.54 bits per heavy atom. The molecule has 0 fully saturated rings. The van der Waals surface area contributed by atoms with Crippen LogP contribution in [-0.4, -0.2) is 21.4 Å². The lowest BCUT2D eigenvalue weighted by atomic mass is 10.1. The standard InChI is InChI=1S/C16H17ClN2O4S/c1-10(12-5-3-4-6-15(12)24(18,21)22)19-16(20)13-9-11(23-2)7-8-14(13)17/h3-10H,1-2H3,(H,19,20)(H2,18,21,22). The number of ether oxygens (including phenoxy) is 1. The molecule has 2 aromatic carbocycles. The number of sulfonamides is 1. The van der Waals surface area contributed by atoms with E-state index in [9.17, 15) is 13.2 Å². The average Bonchev–Trinajstić information content (AvgIpc) is 2.54. The number of benzene rings is 2. The number of nitrogens with one attached hydrogen (secondary N) is 1. The van der Waals surface area contributed by atoms with E-state index in [0.717, 1.165) is 0 Å². The van der Waals surface area contributed by atoms with Gasteiger partial charge in [-0.25, -0.2) is 13.6 Å². The first kappa shape index (κ1) is 18.3. The van der Waals surface area contributed by atoms with Gasteiger partial charge in [0.05, 0.1) is 28.6 Å². The number of halogens is 1. The molecule has 0 bridgehead atoms. The van der Waals surface area contributed by atoms with Crippen molar-refractivity contribution >= 4 is 27.5 Å². The van der Waals surface area contributed by atoms with Gasteiger partial charge in [-0.1, -0.05) is 29.8 Å². The number of methoxy groups -OCH3 is 1. The van der Waals surface area contributed by atoms with E-state index in [1.807, 2.05) is 0 Å². The van der Waals surface area contributed by atoms with Gasteiger partial charge in [0.15, 0.2) is 0 Å². The normalized spacial score (nSPS) is 12.5. The number of nitrogens with two attached hydrogens (primary N) is 1. The number of carbonyl (C=O) groups excluding carboxylic acids is 1. The fraction of sp³-hybridized carbons (Fsp3) is 0.188. The fourth-order valence-corrected chi connectivity index (χ4v) is 3.30. The van der Waals surface area contributed by atoms with E-state index in [1.165, 1.54) is 19.2 Å². The van der Waals surface area contributed by atoms with Crippen molar-refractivity contribution in [1.29, 1.82) is 0 Å². The average molecular weight is 369 g/mol. The van der Waals surface area contributed by atoms with E-state index in [-0.39, 0.29) is 15.5 Å². The van der Waals surface area contributed by atoms with E-state index in [0.29, 0.717) is 11.3 Å². The van der Waals surface area contributed by atoms with E-state index >= 15 is 0 Å². The third kappa shape index (κ3) is 4.05. The molecule has 0 spiro atoms. The lowest BCUT2D eigenvalue weighted by molar-refractivity contribution is 0.0939. The molecule has 0 saturated carbocycles. The third-order valence-corrected chi connectivity index (χ3v) is 4.77. The van der Waals surface area contributed by atoms with Crippen molar-refractivity contribution in [2.24, 2.45) is 5.14 Å². The molecule has 8 heteroatoms. The maximum atomic E-state index is 12.4. The zero-order chi connectivity index (χ0) is 17.9. The third-order valence-electron chi connectivity index (χ3n) is 3.46. The highest BCUT2D eigenvalue weighted by Gasteiger charge is 2.20.